The van der Waals surface area contributed by atoms with E-state index >= 15 is 0 Å². The number of benzene rings is 1. The Labute approximate surface area is 144 Å². The lowest BCUT2D eigenvalue weighted by Gasteiger charge is -2.32. The van der Waals surface area contributed by atoms with Gasteiger partial charge in [0, 0.05) is 18.6 Å². The summed E-state index contributed by atoms with van der Waals surface area (Å²) in [5, 5.41) is 0. The van der Waals surface area contributed by atoms with E-state index in [9.17, 15) is 4.79 Å². The molecule has 24 heavy (non-hydrogen) atoms. The van der Waals surface area contributed by atoms with Crippen molar-refractivity contribution in [1.82, 2.24) is 9.80 Å². The van der Waals surface area contributed by atoms with Gasteiger partial charge in [0.15, 0.2) is 0 Å². The normalized spacial score (nSPS) is 30.5. The molecule has 4 heteroatoms. The number of carbonyl (C=O) groups excluding carboxylic acids is 1. The van der Waals surface area contributed by atoms with Crippen LogP contribution in [0.3, 0.4) is 0 Å². The Bertz CT molecular complexity index is 597. The largest absolute Gasteiger partial charge is 0.373 e. The highest BCUT2D eigenvalue weighted by atomic mass is 16.5. The van der Waals surface area contributed by atoms with E-state index in [1.807, 2.05) is 6.07 Å². The Morgan fingerprint density at radius 1 is 1.21 bits per heavy atom. The molecule has 1 aromatic rings. The van der Waals surface area contributed by atoms with Crippen molar-refractivity contribution in [1.29, 1.82) is 0 Å². The Hall–Kier alpha value is -1.39. The molecule has 2 fully saturated rings. The maximum absolute atomic E-state index is 12.9. The Morgan fingerprint density at radius 2 is 2.00 bits per heavy atom. The molecular weight excluding hydrogens is 300 g/mol. The van der Waals surface area contributed by atoms with Gasteiger partial charge in [-0.25, -0.2) is 0 Å². The van der Waals surface area contributed by atoms with Crippen LogP contribution >= 0.6 is 0 Å². The number of rotatable bonds is 3. The summed E-state index contributed by atoms with van der Waals surface area (Å²) >= 11 is 0. The van der Waals surface area contributed by atoms with Gasteiger partial charge in [0.25, 0.3) is 0 Å². The second kappa shape index (κ2) is 6.85. The van der Waals surface area contributed by atoms with Gasteiger partial charge in [-0.15, -0.1) is 0 Å². The Balaban J connectivity index is 1.42. The van der Waals surface area contributed by atoms with Crippen molar-refractivity contribution in [2.24, 2.45) is 0 Å². The maximum atomic E-state index is 12.9. The van der Waals surface area contributed by atoms with E-state index < -0.39 is 0 Å². The van der Waals surface area contributed by atoms with Gasteiger partial charge in [-0.1, -0.05) is 24.3 Å². The topological polar surface area (TPSA) is 32.8 Å². The molecule has 130 valence electrons. The van der Waals surface area contributed by atoms with Gasteiger partial charge in [-0.05, 0) is 56.8 Å². The van der Waals surface area contributed by atoms with Crippen LogP contribution in [0.5, 0.6) is 0 Å². The predicted octanol–water partition coefficient (Wildman–Crippen LogP) is 2.78. The molecule has 0 spiro atoms. The fourth-order valence-electron chi connectivity index (χ4n) is 4.76. The molecule has 0 aromatic heterocycles. The number of fused-ring (bicyclic) bond motifs is 1. The van der Waals surface area contributed by atoms with Gasteiger partial charge in [0.1, 0.15) is 0 Å². The first-order valence-corrected chi connectivity index (χ1v) is 9.47. The highest BCUT2D eigenvalue weighted by Crippen LogP contribution is 2.32. The summed E-state index contributed by atoms with van der Waals surface area (Å²) in [7, 11) is 0. The molecule has 0 saturated carbocycles. The maximum Gasteiger partial charge on any atom is 0.225 e. The van der Waals surface area contributed by atoms with Crippen LogP contribution in [-0.2, 0) is 16.0 Å². The number of hydrogen-bond donors (Lipinski definition) is 0. The smallest absolute Gasteiger partial charge is 0.225 e. The number of amides is 1. The first-order chi connectivity index (χ1) is 11.7. The third-order valence-electron chi connectivity index (χ3n) is 6.10. The molecule has 2 saturated heterocycles. The molecule has 4 rings (SSSR count). The molecule has 0 radical (unpaired) electrons. The third-order valence-corrected chi connectivity index (χ3v) is 6.10. The van der Waals surface area contributed by atoms with Crippen LogP contribution in [-0.4, -0.2) is 54.0 Å². The van der Waals surface area contributed by atoms with Crippen LogP contribution in [0.2, 0.25) is 0 Å². The molecule has 3 atom stereocenters. The number of hydrogen-bond acceptors (Lipinski definition) is 3. The molecule has 3 aliphatic rings. The van der Waals surface area contributed by atoms with E-state index in [2.05, 4.69) is 34.9 Å². The standard InChI is InChI=1S/C20H28N2O2/c1-15-18(21-10-4-5-11-21)8-12-22(15)20(23)14-19-17-7-3-2-6-16(17)9-13-24-19/h2-3,6-7,15,18-19H,4-5,8-14H2,1H3. The second-order valence-corrected chi connectivity index (χ2v) is 7.44. The van der Waals surface area contributed by atoms with E-state index in [1.54, 1.807) is 0 Å². The molecule has 1 amide bonds. The van der Waals surface area contributed by atoms with Crippen LogP contribution in [0.4, 0.5) is 0 Å². The summed E-state index contributed by atoms with van der Waals surface area (Å²) in [6.45, 7) is 6.26. The van der Waals surface area contributed by atoms with Crippen molar-refractivity contribution in [3.05, 3.63) is 35.4 Å². The van der Waals surface area contributed by atoms with E-state index in [4.69, 9.17) is 4.74 Å². The summed E-state index contributed by atoms with van der Waals surface area (Å²) in [5.41, 5.74) is 2.55. The summed E-state index contributed by atoms with van der Waals surface area (Å²) in [6.07, 6.45) is 5.11. The second-order valence-electron chi connectivity index (χ2n) is 7.44. The highest BCUT2D eigenvalue weighted by molar-refractivity contribution is 5.77. The first kappa shape index (κ1) is 16.1. The van der Waals surface area contributed by atoms with E-state index in [-0.39, 0.29) is 12.0 Å². The minimum Gasteiger partial charge on any atom is -0.373 e. The predicted molar refractivity (Wildman–Crippen MR) is 93.8 cm³/mol. The SMILES string of the molecule is CC1C(N2CCCC2)CCN1C(=O)CC1OCCc2ccccc21. The van der Waals surface area contributed by atoms with E-state index in [0.29, 0.717) is 18.5 Å². The van der Waals surface area contributed by atoms with Crippen molar-refractivity contribution in [3.63, 3.8) is 0 Å². The molecule has 3 heterocycles. The van der Waals surface area contributed by atoms with Gasteiger partial charge in [-0.2, -0.15) is 0 Å². The number of ether oxygens (including phenoxy) is 1. The van der Waals surface area contributed by atoms with Gasteiger partial charge < -0.3 is 9.64 Å². The zero-order valence-corrected chi connectivity index (χ0v) is 14.6. The minimum atomic E-state index is -0.0690. The van der Waals surface area contributed by atoms with E-state index in [1.165, 1.54) is 37.1 Å². The average molecular weight is 328 g/mol. The lowest BCUT2D eigenvalue weighted by molar-refractivity contribution is -0.135. The molecule has 1 aromatic carbocycles. The average Bonchev–Trinajstić information content (AvgIpc) is 3.24. The van der Waals surface area contributed by atoms with Gasteiger partial charge in [-0.3, -0.25) is 9.69 Å². The number of likely N-dealkylation sites (tertiary alicyclic amines) is 2. The molecule has 3 aliphatic heterocycles. The van der Waals surface area contributed by atoms with Crippen molar-refractivity contribution < 1.29 is 9.53 Å². The third kappa shape index (κ3) is 2.98. The molecule has 0 bridgehead atoms. The number of carbonyl (C=O) groups is 1. The summed E-state index contributed by atoms with van der Waals surface area (Å²) < 4.78 is 5.94. The number of nitrogens with zero attached hydrogens (tertiary/aromatic N) is 2. The Morgan fingerprint density at radius 3 is 2.83 bits per heavy atom. The Kier molecular flexibility index (Phi) is 4.59. The van der Waals surface area contributed by atoms with Crippen molar-refractivity contribution in [2.45, 2.75) is 57.2 Å². The molecule has 0 aliphatic carbocycles. The van der Waals surface area contributed by atoms with E-state index in [0.717, 1.165) is 26.0 Å². The molecule has 4 nitrogen and oxygen atoms in total. The van der Waals surface area contributed by atoms with Crippen LogP contribution < -0.4 is 0 Å². The molecule has 0 N–H and O–H groups in total. The summed E-state index contributed by atoms with van der Waals surface area (Å²) in [4.78, 5) is 17.6. The lowest BCUT2D eigenvalue weighted by atomic mass is 9.95. The van der Waals surface area contributed by atoms with Crippen LogP contribution in [0.1, 0.15) is 49.8 Å². The minimum absolute atomic E-state index is 0.0690. The van der Waals surface area contributed by atoms with Crippen LogP contribution in [0.15, 0.2) is 24.3 Å². The molecular formula is C20H28N2O2. The van der Waals surface area contributed by atoms with Gasteiger partial charge >= 0.3 is 0 Å². The van der Waals surface area contributed by atoms with Crippen molar-refractivity contribution >= 4 is 5.91 Å². The van der Waals surface area contributed by atoms with Crippen LogP contribution in [0.25, 0.3) is 0 Å². The summed E-state index contributed by atoms with van der Waals surface area (Å²) in [5.74, 6) is 0.255. The molecule has 3 unspecified atom stereocenters. The van der Waals surface area contributed by atoms with Crippen molar-refractivity contribution in [3.8, 4) is 0 Å². The van der Waals surface area contributed by atoms with Crippen molar-refractivity contribution in [2.75, 3.05) is 26.2 Å². The monoisotopic (exact) mass is 328 g/mol. The summed E-state index contributed by atoms with van der Waals surface area (Å²) in [6, 6.07) is 9.29. The van der Waals surface area contributed by atoms with Gasteiger partial charge in [0.05, 0.1) is 19.1 Å². The quantitative estimate of drug-likeness (QED) is 0.855. The van der Waals surface area contributed by atoms with Crippen LogP contribution in [0, 0.1) is 0 Å². The highest BCUT2D eigenvalue weighted by Gasteiger charge is 2.38. The van der Waals surface area contributed by atoms with Gasteiger partial charge in [0.2, 0.25) is 5.91 Å². The first-order valence-electron chi connectivity index (χ1n) is 9.47. The zero-order chi connectivity index (χ0) is 16.5. The lowest BCUT2D eigenvalue weighted by Crippen LogP contribution is -2.44. The zero-order valence-electron chi connectivity index (χ0n) is 14.6. The fourth-order valence-corrected chi connectivity index (χ4v) is 4.76. The fraction of sp³-hybridized carbons (Fsp3) is 0.650.